The van der Waals surface area contributed by atoms with E-state index in [0.717, 1.165) is 52.4 Å². The number of likely N-dealkylation sites (N-methyl/N-ethyl adjacent to an activating group) is 1. The van der Waals surface area contributed by atoms with Crippen LogP contribution in [0.4, 0.5) is 5.69 Å². The van der Waals surface area contributed by atoms with Crippen molar-refractivity contribution in [1.29, 1.82) is 0 Å². The second kappa shape index (κ2) is 10.4. The first-order valence-electron chi connectivity index (χ1n) is 9.71. The first-order valence-corrected chi connectivity index (χ1v) is 9.71. The molecular weight excluding hydrogens is 334 g/mol. The van der Waals surface area contributed by atoms with E-state index >= 15 is 0 Å². The third-order valence-electron chi connectivity index (χ3n) is 5.52. The summed E-state index contributed by atoms with van der Waals surface area (Å²) in [6.45, 7) is 13.1. The molecule has 2 heterocycles. The number of hydrogen-bond acceptors (Lipinski definition) is 4. The number of halogens is 1. The van der Waals surface area contributed by atoms with Gasteiger partial charge >= 0.3 is 0 Å². The van der Waals surface area contributed by atoms with Crippen molar-refractivity contribution in [3.63, 3.8) is 0 Å². The fourth-order valence-electron chi connectivity index (χ4n) is 3.91. The molecule has 4 nitrogen and oxygen atoms in total. The van der Waals surface area contributed by atoms with Crippen molar-refractivity contribution in [2.75, 3.05) is 51.2 Å². The Morgan fingerprint density at radius 1 is 1.20 bits per heavy atom. The number of ether oxygens (including phenoxy) is 1. The molecule has 142 valence electrons. The number of para-hydroxylation sites is 1. The third kappa shape index (κ3) is 5.58. The fraction of sp³-hybridized carbons (Fsp3) is 0.700. The van der Waals surface area contributed by atoms with E-state index in [-0.39, 0.29) is 12.4 Å². The van der Waals surface area contributed by atoms with E-state index in [2.05, 4.69) is 47.2 Å². The Hall–Kier alpha value is -0.810. The molecule has 0 amide bonds. The second-order valence-electron chi connectivity index (χ2n) is 7.00. The second-order valence-corrected chi connectivity index (χ2v) is 7.00. The van der Waals surface area contributed by atoms with Crippen LogP contribution in [0.5, 0.6) is 0 Å². The lowest BCUT2D eigenvalue weighted by atomic mass is 10.0. The predicted octanol–water partition coefficient (Wildman–Crippen LogP) is 3.40. The van der Waals surface area contributed by atoms with Crippen molar-refractivity contribution >= 4 is 18.1 Å². The van der Waals surface area contributed by atoms with E-state index in [4.69, 9.17) is 4.74 Å². The quantitative estimate of drug-likeness (QED) is 0.762. The number of nitrogens with one attached hydrogen (secondary N) is 1. The van der Waals surface area contributed by atoms with Gasteiger partial charge in [-0.15, -0.1) is 12.4 Å². The molecule has 0 spiro atoms. The summed E-state index contributed by atoms with van der Waals surface area (Å²) in [6.07, 6.45) is 3.96. The molecule has 3 rings (SSSR count). The van der Waals surface area contributed by atoms with Crippen LogP contribution in [0, 0.1) is 0 Å². The van der Waals surface area contributed by atoms with Crippen molar-refractivity contribution < 1.29 is 4.74 Å². The maximum atomic E-state index is 6.11. The van der Waals surface area contributed by atoms with Crippen molar-refractivity contribution in [3.05, 3.63) is 29.3 Å². The Balaban J connectivity index is 0.00000225. The summed E-state index contributed by atoms with van der Waals surface area (Å²) in [4.78, 5) is 5.01. The van der Waals surface area contributed by atoms with Gasteiger partial charge in [0.15, 0.2) is 0 Å². The van der Waals surface area contributed by atoms with Gasteiger partial charge in [-0.2, -0.15) is 0 Å². The van der Waals surface area contributed by atoms with Gasteiger partial charge in [-0.05, 0) is 43.5 Å². The standard InChI is InChI=1S/C20H33N3O.ClH/c1-3-22(4-2)14-15-24-19-9-12-23(13-10-19)16-18-7-5-6-17-8-11-21-20(17)18;/h5-7,19,21H,3-4,8-16H2,1-2H3;1H. The molecule has 0 unspecified atom stereocenters. The Bertz CT molecular complexity index is 514. The largest absolute Gasteiger partial charge is 0.384 e. The number of anilines is 1. The molecule has 0 radical (unpaired) electrons. The lowest BCUT2D eigenvalue weighted by Gasteiger charge is -2.32. The summed E-state index contributed by atoms with van der Waals surface area (Å²) in [5.74, 6) is 0. The fourth-order valence-corrected chi connectivity index (χ4v) is 3.91. The summed E-state index contributed by atoms with van der Waals surface area (Å²) in [7, 11) is 0. The highest BCUT2D eigenvalue weighted by atomic mass is 35.5. The zero-order chi connectivity index (χ0) is 16.8. The maximum Gasteiger partial charge on any atom is 0.0600 e. The molecule has 0 atom stereocenters. The van der Waals surface area contributed by atoms with Crippen LogP contribution in [0.25, 0.3) is 0 Å². The minimum atomic E-state index is 0. The molecule has 1 aromatic rings. The molecule has 1 fully saturated rings. The van der Waals surface area contributed by atoms with Gasteiger partial charge in [-0.1, -0.05) is 32.0 Å². The van der Waals surface area contributed by atoms with Gasteiger partial charge in [0, 0.05) is 38.4 Å². The van der Waals surface area contributed by atoms with Crippen LogP contribution in [0.15, 0.2) is 18.2 Å². The summed E-state index contributed by atoms with van der Waals surface area (Å²) in [5.41, 5.74) is 4.35. The van der Waals surface area contributed by atoms with E-state index in [1.165, 1.54) is 36.1 Å². The summed E-state index contributed by atoms with van der Waals surface area (Å²) in [5, 5.41) is 3.56. The molecule has 0 aromatic heterocycles. The third-order valence-corrected chi connectivity index (χ3v) is 5.52. The SMILES string of the molecule is CCN(CC)CCOC1CCN(Cc2cccc3c2NCC3)CC1.Cl. The number of nitrogens with zero attached hydrogens (tertiary/aromatic N) is 2. The molecule has 2 aliphatic heterocycles. The van der Waals surface area contributed by atoms with Gasteiger partial charge in [0.1, 0.15) is 0 Å². The van der Waals surface area contributed by atoms with Crippen LogP contribution < -0.4 is 5.32 Å². The highest BCUT2D eigenvalue weighted by Crippen LogP contribution is 2.28. The van der Waals surface area contributed by atoms with Crippen molar-refractivity contribution in [2.45, 2.75) is 45.8 Å². The molecule has 5 heteroatoms. The van der Waals surface area contributed by atoms with E-state index < -0.39 is 0 Å². The van der Waals surface area contributed by atoms with Crippen LogP contribution in [0.1, 0.15) is 37.8 Å². The van der Waals surface area contributed by atoms with Gasteiger partial charge in [-0.25, -0.2) is 0 Å². The minimum absolute atomic E-state index is 0. The van der Waals surface area contributed by atoms with Crippen LogP contribution in [-0.4, -0.2) is 61.8 Å². The smallest absolute Gasteiger partial charge is 0.0600 e. The van der Waals surface area contributed by atoms with Gasteiger partial charge in [0.05, 0.1) is 12.7 Å². The zero-order valence-electron chi connectivity index (χ0n) is 15.8. The topological polar surface area (TPSA) is 27.7 Å². The normalized spacial score (nSPS) is 18.0. The molecule has 0 bridgehead atoms. The Morgan fingerprint density at radius 2 is 1.96 bits per heavy atom. The number of hydrogen-bond donors (Lipinski definition) is 1. The average molecular weight is 368 g/mol. The molecule has 2 aliphatic rings. The molecular formula is C20H34ClN3O. The average Bonchev–Trinajstić information content (AvgIpc) is 3.10. The summed E-state index contributed by atoms with van der Waals surface area (Å²) < 4.78 is 6.11. The van der Waals surface area contributed by atoms with Crippen LogP contribution in [0.2, 0.25) is 0 Å². The molecule has 1 N–H and O–H groups in total. The number of fused-ring (bicyclic) bond motifs is 1. The Labute approximate surface area is 159 Å². The molecule has 1 aromatic carbocycles. The highest BCUT2D eigenvalue weighted by Gasteiger charge is 2.21. The molecule has 25 heavy (non-hydrogen) atoms. The number of benzene rings is 1. The molecule has 0 saturated carbocycles. The van der Waals surface area contributed by atoms with Crippen LogP contribution in [0.3, 0.4) is 0 Å². The van der Waals surface area contributed by atoms with Crippen LogP contribution in [-0.2, 0) is 17.7 Å². The summed E-state index contributed by atoms with van der Waals surface area (Å²) in [6, 6.07) is 6.75. The Morgan fingerprint density at radius 3 is 2.68 bits per heavy atom. The number of likely N-dealkylation sites (tertiary alicyclic amines) is 1. The first kappa shape index (κ1) is 20.5. The number of piperidine rings is 1. The van der Waals surface area contributed by atoms with E-state index in [1.807, 2.05) is 0 Å². The van der Waals surface area contributed by atoms with Gasteiger partial charge in [0.2, 0.25) is 0 Å². The lowest BCUT2D eigenvalue weighted by molar-refractivity contribution is -0.00219. The maximum absolute atomic E-state index is 6.11. The molecule has 1 saturated heterocycles. The van der Waals surface area contributed by atoms with E-state index in [1.54, 1.807) is 0 Å². The minimum Gasteiger partial charge on any atom is -0.384 e. The summed E-state index contributed by atoms with van der Waals surface area (Å²) >= 11 is 0. The van der Waals surface area contributed by atoms with Crippen molar-refractivity contribution in [2.24, 2.45) is 0 Å². The Kier molecular flexibility index (Phi) is 8.50. The van der Waals surface area contributed by atoms with Gasteiger partial charge in [-0.3, -0.25) is 4.90 Å². The predicted molar refractivity (Wildman–Crippen MR) is 108 cm³/mol. The van der Waals surface area contributed by atoms with Crippen LogP contribution >= 0.6 is 12.4 Å². The highest BCUT2D eigenvalue weighted by molar-refractivity contribution is 5.85. The molecule has 0 aliphatic carbocycles. The van der Waals surface area contributed by atoms with Gasteiger partial charge < -0.3 is 15.0 Å². The van der Waals surface area contributed by atoms with Gasteiger partial charge in [0.25, 0.3) is 0 Å². The number of rotatable bonds is 8. The van der Waals surface area contributed by atoms with Crippen molar-refractivity contribution in [3.8, 4) is 0 Å². The monoisotopic (exact) mass is 367 g/mol. The lowest BCUT2D eigenvalue weighted by Crippen LogP contribution is -2.37. The zero-order valence-corrected chi connectivity index (χ0v) is 16.6. The van der Waals surface area contributed by atoms with E-state index in [0.29, 0.717) is 6.10 Å². The van der Waals surface area contributed by atoms with E-state index in [9.17, 15) is 0 Å². The van der Waals surface area contributed by atoms with Crippen molar-refractivity contribution in [1.82, 2.24) is 9.80 Å². The first-order chi connectivity index (χ1) is 11.8.